The number of piperidine rings is 1. The van der Waals surface area contributed by atoms with E-state index in [1.165, 1.54) is 24.1 Å². The number of hydrogen-bond acceptors (Lipinski definition) is 5. The molecule has 0 unspecified atom stereocenters. The second kappa shape index (κ2) is 7.57. The maximum atomic E-state index is 5.63. The molecule has 1 aromatic carbocycles. The molecule has 1 saturated heterocycles. The lowest BCUT2D eigenvalue weighted by Gasteiger charge is -2.46. The van der Waals surface area contributed by atoms with Crippen molar-refractivity contribution in [3.63, 3.8) is 0 Å². The minimum absolute atomic E-state index is 0.658. The summed E-state index contributed by atoms with van der Waals surface area (Å²) in [6, 6.07) is 9.12. The third-order valence-corrected chi connectivity index (χ3v) is 6.95. The summed E-state index contributed by atoms with van der Waals surface area (Å²) in [6.07, 6.45) is 5.42. The summed E-state index contributed by atoms with van der Waals surface area (Å²) in [4.78, 5) is 11.5. The monoisotopic (exact) mass is 369 g/mol. The average molecular weight is 370 g/mol. The molecule has 26 heavy (non-hydrogen) atoms. The molecule has 1 aliphatic heterocycles. The highest BCUT2D eigenvalue weighted by atomic mass is 32.2. The Bertz CT molecular complexity index is 782. The number of thioether (sulfide) groups is 1. The molecule has 1 fully saturated rings. The summed E-state index contributed by atoms with van der Waals surface area (Å²) < 4.78 is 5.63. The number of hydrogen-bond donors (Lipinski definition) is 0. The highest BCUT2D eigenvalue weighted by molar-refractivity contribution is 7.99. The first-order valence-corrected chi connectivity index (χ1v) is 10.4. The van der Waals surface area contributed by atoms with E-state index in [1.54, 1.807) is 18.9 Å². The fraction of sp³-hybridized carbons (Fsp3) is 0.524. The highest BCUT2D eigenvalue weighted by Gasteiger charge is 2.38. The maximum absolute atomic E-state index is 5.63. The van der Waals surface area contributed by atoms with Crippen molar-refractivity contribution in [3.8, 4) is 5.75 Å². The van der Waals surface area contributed by atoms with Crippen molar-refractivity contribution in [3.05, 3.63) is 47.3 Å². The molecule has 0 saturated carbocycles. The number of likely N-dealkylation sites (tertiary alicyclic amines) is 1. The van der Waals surface area contributed by atoms with Crippen LogP contribution in [0.3, 0.4) is 0 Å². The number of rotatable bonds is 4. The quantitative estimate of drug-likeness (QED) is 0.608. The molecule has 4 nitrogen and oxygen atoms in total. The SMILES string of the molecule is COc1cccc2c1C[C@H]1C[C@@H](CSc3nccc(C)n3)CN(C)[C@@H]1C2. The summed E-state index contributed by atoms with van der Waals surface area (Å²) in [5, 5.41) is 0.908. The first kappa shape index (κ1) is 17.8. The van der Waals surface area contributed by atoms with Crippen molar-refractivity contribution in [1.82, 2.24) is 14.9 Å². The van der Waals surface area contributed by atoms with Gasteiger partial charge in [-0.2, -0.15) is 0 Å². The normalized spacial score (nSPS) is 25.4. The lowest BCUT2D eigenvalue weighted by molar-refractivity contribution is 0.0792. The maximum Gasteiger partial charge on any atom is 0.187 e. The lowest BCUT2D eigenvalue weighted by atomic mass is 9.73. The Labute approximate surface area is 160 Å². The van der Waals surface area contributed by atoms with Gasteiger partial charge in [-0.15, -0.1) is 0 Å². The van der Waals surface area contributed by atoms with Crippen LogP contribution < -0.4 is 4.74 Å². The van der Waals surface area contributed by atoms with Gasteiger partial charge in [0.15, 0.2) is 5.16 Å². The van der Waals surface area contributed by atoms with Crippen LogP contribution in [-0.4, -0.2) is 47.4 Å². The van der Waals surface area contributed by atoms with Gasteiger partial charge in [0.25, 0.3) is 0 Å². The predicted molar refractivity (Wildman–Crippen MR) is 106 cm³/mol. The largest absolute Gasteiger partial charge is 0.496 e. The first-order chi connectivity index (χ1) is 12.6. The molecule has 0 radical (unpaired) electrons. The molecule has 2 heterocycles. The molecule has 0 amide bonds. The fourth-order valence-electron chi connectivity index (χ4n) is 4.63. The number of ether oxygens (including phenoxy) is 1. The number of nitrogens with zero attached hydrogens (tertiary/aromatic N) is 3. The number of likely N-dealkylation sites (N-methyl/N-ethyl adjacent to an activating group) is 1. The van der Waals surface area contributed by atoms with E-state index in [9.17, 15) is 0 Å². The second-order valence-corrected chi connectivity index (χ2v) is 8.65. The van der Waals surface area contributed by atoms with Crippen LogP contribution in [0.1, 0.15) is 23.2 Å². The Morgan fingerprint density at radius 1 is 1.27 bits per heavy atom. The van der Waals surface area contributed by atoms with Crippen molar-refractivity contribution in [2.75, 3.05) is 26.5 Å². The third-order valence-electron chi connectivity index (χ3n) is 5.86. The summed E-state index contributed by atoms with van der Waals surface area (Å²) in [7, 11) is 4.08. The molecule has 138 valence electrons. The third kappa shape index (κ3) is 3.60. The standard InChI is InChI=1S/C21H27N3OS/c1-14-7-8-22-21(23-14)26-13-15-9-17-10-18-16(5-4-6-20(18)25-3)11-19(17)24(2)12-15/h4-8,15,17,19H,9-13H2,1-3H3/t15-,17-,19-/m1/s1. The number of methoxy groups -OCH3 is 1. The van der Waals surface area contributed by atoms with Gasteiger partial charge in [0.2, 0.25) is 0 Å². The van der Waals surface area contributed by atoms with Crippen molar-refractivity contribution in [1.29, 1.82) is 0 Å². The minimum Gasteiger partial charge on any atom is -0.496 e. The zero-order valence-electron chi connectivity index (χ0n) is 15.8. The van der Waals surface area contributed by atoms with Crippen molar-refractivity contribution < 1.29 is 4.74 Å². The van der Waals surface area contributed by atoms with Gasteiger partial charge in [-0.3, -0.25) is 0 Å². The molecular formula is C21H27N3OS. The molecular weight excluding hydrogens is 342 g/mol. The average Bonchev–Trinajstić information content (AvgIpc) is 2.65. The highest BCUT2D eigenvalue weighted by Crippen LogP contribution is 2.40. The number of aromatic nitrogens is 2. The summed E-state index contributed by atoms with van der Waals surface area (Å²) in [5.74, 6) is 3.55. The van der Waals surface area contributed by atoms with Crippen molar-refractivity contribution >= 4 is 11.8 Å². The molecule has 2 aliphatic rings. The fourth-order valence-corrected chi connectivity index (χ4v) is 5.60. The van der Waals surface area contributed by atoms with Crippen LogP contribution in [0, 0.1) is 18.8 Å². The zero-order chi connectivity index (χ0) is 18.1. The number of fused-ring (bicyclic) bond motifs is 2. The lowest BCUT2D eigenvalue weighted by Crippen LogP contribution is -2.50. The van der Waals surface area contributed by atoms with Crippen LogP contribution >= 0.6 is 11.8 Å². The predicted octanol–water partition coefficient (Wildman–Crippen LogP) is 3.62. The van der Waals surface area contributed by atoms with Crippen LogP contribution in [0.2, 0.25) is 0 Å². The van der Waals surface area contributed by atoms with E-state index < -0.39 is 0 Å². The van der Waals surface area contributed by atoms with E-state index in [0.717, 1.165) is 35.2 Å². The molecule has 3 atom stereocenters. The van der Waals surface area contributed by atoms with Crippen LogP contribution in [0.4, 0.5) is 0 Å². The Hall–Kier alpha value is -1.59. The van der Waals surface area contributed by atoms with Gasteiger partial charge in [0.05, 0.1) is 7.11 Å². The molecule has 1 aliphatic carbocycles. The van der Waals surface area contributed by atoms with Crippen LogP contribution in [0.15, 0.2) is 35.6 Å². The molecule has 0 N–H and O–H groups in total. The number of aryl methyl sites for hydroxylation is 1. The van der Waals surface area contributed by atoms with E-state index in [0.29, 0.717) is 17.9 Å². The van der Waals surface area contributed by atoms with Gasteiger partial charge in [-0.05, 0) is 68.3 Å². The molecule has 2 aromatic rings. The smallest absolute Gasteiger partial charge is 0.187 e. The van der Waals surface area contributed by atoms with Gasteiger partial charge in [0, 0.05) is 30.2 Å². The van der Waals surface area contributed by atoms with Gasteiger partial charge in [-0.25, -0.2) is 9.97 Å². The Kier molecular flexibility index (Phi) is 5.18. The van der Waals surface area contributed by atoms with Crippen LogP contribution in [0.25, 0.3) is 0 Å². The van der Waals surface area contributed by atoms with Gasteiger partial charge < -0.3 is 9.64 Å². The number of benzene rings is 1. The Balaban J connectivity index is 1.45. The van der Waals surface area contributed by atoms with E-state index in [1.807, 2.05) is 19.2 Å². The molecule has 0 bridgehead atoms. The van der Waals surface area contributed by atoms with E-state index >= 15 is 0 Å². The minimum atomic E-state index is 0.658. The molecule has 5 heteroatoms. The molecule has 4 rings (SSSR count). The van der Waals surface area contributed by atoms with E-state index in [-0.39, 0.29) is 0 Å². The molecule has 0 spiro atoms. The van der Waals surface area contributed by atoms with Crippen molar-refractivity contribution in [2.45, 2.75) is 37.4 Å². The van der Waals surface area contributed by atoms with Gasteiger partial charge in [0.1, 0.15) is 5.75 Å². The Morgan fingerprint density at radius 2 is 2.15 bits per heavy atom. The summed E-state index contributed by atoms with van der Waals surface area (Å²) in [5.41, 5.74) is 3.94. The zero-order valence-corrected chi connectivity index (χ0v) is 16.6. The van der Waals surface area contributed by atoms with E-state index in [4.69, 9.17) is 4.74 Å². The van der Waals surface area contributed by atoms with Crippen LogP contribution in [-0.2, 0) is 12.8 Å². The van der Waals surface area contributed by atoms with Crippen LogP contribution in [0.5, 0.6) is 5.75 Å². The Morgan fingerprint density at radius 3 is 2.96 bits per heavy atom. The van der Waals surface area contributed by atoms with Gasteiger partial charge in [-0.1, -0.05) is 23.9 Å². The van der Waals surface area contributed by atoms with Crippen molar-refractivity contribution in [2.24, 2.45) is 11.8 Å². The summed E-state index contributed by atoms with van der Waals surface area (Å²) >= 11 is 1.80. The topological polar surface area (TPSA) is 38.3 Å². The summed E-state index contributed by atoms with van der Waals surface area (Å²) in [6.45, 7) is 3.19. The second-order valence-electron chi connectivity index (χ2n) is 7.67. The first-order valence-electron chi connectivity index (χ1n) is 9.41. The molecule has 1 aromatic heterocycles. The van der Waals surface area contributed by atoms with Gasteiger partial charge >= 0.3 is 0 Å². The van der Waals surface area contributed by atoms with E-state index in [2.05, 4.69) is 40.1 Å².